The van der Waals surface area contributed by atoms with Crippen molar-refractivity contribution in [2.24, 2.45) is 0 Å². The van der Waals surface area contributed by atoms with Crippen molar-refractivity contribution in [2.45, 2.75) is 12.6 Å². The molecule has 0 aliphatic carbocycles. The average molecular weight is 342 g/mol. The summed E-state index contributed by atoms with van der Waals surface area (Å²) in [4.78, 5) is 0. The van der Waals surface area contributed by atoms with Gasteiger partial charge in [-0.05, 0) is 40.6 Å². The fraction of sp³-hybridized carbons (Fsp3) is 0.286. The van der Waals surface area contributed by atoms with E-state index in [0.29, 0.717) is 13.1 Å². The number of aliphatic hydroxyl groups is 1. The second-order valence-corrected chi connectivity index (χ2v) is 5.86. The molecular formula is C14H16BrNO2S. The summed E-state index contributed by atoms with van der Waals surface area (Å²) in [5.74, 6) is 0.848. The van der Waals surface area contributed by atoms with Gasteiger partial charge in [0.15, 0.2) is 0 Å². The summed E-state index contributed by atoms with van der Waals surface area (Å²) in [5, 5.41) is 17.2. The van der Waals surface area contributed by atoms with Crippen molar-refractivity contribution in [3.63, 3.8) is 0 Å². The maximum Gasteiger partial charge on any atom is 0.123 e. The van der Waals surface area contributed by atoms with Gasteiger partial charge in [-0.3, -0.25) is 0 Å². The lowest BCUT2D eigenvalue weighted by Crippen LogP contribution is -2.21. The molecule has 0 fully saturated rings. The highest BCUT2D eigenvalue weighted by atomic mass is 79.9. The van der Waals surface area contributed by atoms with Crippen LogP contribution in [0.1, 0.15) is 17.2 Å². The molecule has 2 aromatic rings. The van der Waals surface area contributed by atoms with E-state index in [4.69, 9.17) is 4.74 Å². The van der Waals surface area contributed by atoms with Crippen molar-refractivity contribution in [1.29, 1.82) is 0 Å². The fourth-order valence-electron chi connectivity index (χ4n) is 1.81. The quantitative estimate of drug-likeness (QED) is 0.846. The van der Waals surface area contributed by atoms with E-state index in [1.165, 1.54) is 0 Å². The zero-order valence-corrected chi connectivity index (χ0v) is 13.0. The van der Waals surface area contributed by atoms with E-state index in [0.717, 1.165) is 21.3 Å². The summed E-state index contributed by atoms with van der Waals surface area (Å²) in [6, 6.07) is 7.83. The molecule has 102 valence electrons. The number of hydrogen-bond donors (Lipinski definition) is 2. The smallest absolute Gasteiger partial charge is 0.123 e. The number of methoxy groups -OCH3 is 1. The molecule has 0 aliphatic heterocycles. The Kier molecular flexibility index (Phi) is 5.39. The average Bonchev–Trinajstić information content (AvgIpc) is 2.93. The Morgan fingerprint density at radius 3 is 2.95 bits per heavy atom. The van der Waals surface area contributed by atoms with Gasteiger partial charge in [0.1, 0.15) is 5.75 Å². The Balaban J connectivity index is 1.90. The van der Waals surface area contributed by atoms with Gasteiger partial charge in [-0.15, -0.1) is 0 Å². The van der Waals surface area contributed by atoms with Gasteiger partial charge >= 0.3 is 0 Å². The van der Waals surface area contributed by atoms with E-state index in [1.807, 2.05) is 35.0 Å². The SMILES string of the molecule is COc1ccc(Br)cc1CNCC(O)c1ccsc1. The van der Waals surface area contributed by atoms with Gasteiger partial charge in [-0.1, -0.05) is 15.9 Å². The lowest BCUT2D eigenvalue weighted by molar-refractivity contribution is 0.174. The fourth-order valence-corrected chi connectivity index (χ4v) is 2.93. The minimum absolute atomic E-state index is 0.468. The molecule has 1 heterocycles. The van der Waals surface area contributed by atoms with Crippen molar-refractivity contribution >= 4 is 27.3 Å². The van der Waals surface area contributed by atoms with Crippen LogP contribution in [0.15, 0.2) is 39.5 Å². The first-order valence-electron chi connectivity index (χ1n) is 5.94. The Hall–Kier alpha value is -0.880. The van der Waals surface area contributed by atoms with Crippen molar-refractivity contribution in [2.75, 3.05) is 13.7 Å². The van der Waals surface area contributed by atoms with Crippen molar-refractivity contribution in [3.05, 3.63) is 50.6 Å². The predicted molar refractivity (Wildman–Crippen MR) is 81.7 cm³/mol. The van der Waals surface area contributed by atoms with Gasteiger partial charge in [-0.2, -0.15) is 11.3 Å². The lowest BCUT2D eigenvalue weighted by Gasteiger charge is -2.13. The molecule has 2 rings (SSSR count). The topological polar surface area (TPSA) is 41.5 Å². The van der Waals surface area contributed by atoms with E-state index >= 15 is 0 Å². The molecular weight excluding hydrogens is 326 g/mol. The van der Waals surface area contributed by atoms with Crippen LogP contribution in [0.3, 0.4) is 0 Å². The number of benzene rings is 1. The molecule has 0 bridgehead atoms. The van der Waals surface area contributed by atoms with Crippen molar-refractivity contribution in [1.82, 2.24) is 5.32 Å². The second-order valence-electron chi connectivity index (χ2n) is 4.16. The van der Waals surface area contributed by atoms with Crippen LogP contribution in [0, 0.1) is 0 Å². The third-order valence-electron chi connectivity index (χ3n) is 2.82. The maximum absolute atomic E-state index is 9.97. The van der Waals surface area contributed by atoms with Crippen LogP contribution in [0.2, 0.25) is 0 Å². The first kappa shape index (κ1) is 14.5. The molecule has 3 nitrogen and oxygen atoms in total. The summed E-state index contributed by atoms with van der Waals surface area (Å²) in [5.41, 5.74) is 2.02. The molecule has 5 heteroatoms. The van der Waals surface area contributed by atoms with Crippen LogP contribution < -0.4 is 10.1 Å². The van der Waals surface area contributed by atoms with E-state index < -0.39 is 6.10 Å². The summed E-state index contributed by atoms with van der Waals surface area (Å²) >= 11 is 5.04. The molecule has 0 saturated carbocycles. The van der Waals surface area contributed by atoms with E-state index in [2.05, 4.69) is 21.2 Å². The van der Waals surface area contributed by atoms with E-state index in [1.54, 1.807) is 18.4 Å². The second kappa shape index (κ2) is 7.05. The van der Waals surface area contributed by atoms with Gasteiger partial charge < -0.3 is 15.2 Å². The van der Waals surface area contributed by atoms with Crippen molar-refractivity contribution in [3.8, 4) is 5.75 Å². The van der Waals surface area contributed by atoms with Crippen LogP contribution in [0.4, 0.5) is 0 Å². The van der Waals surface area contributed by atoms with Crippen LogP contribution in [-0.4, -0.2) is 18.8 Å². The van der Waals surface area contributed by atoms with Crippen LogP contribution in [0.5, 0.6) is 5.75 Å². The van der Waals surface area contributed by atoms with Gasteiger partial charge in [0.05, 0.1) is 13.2 Å². The lowest BCUT2D eigenvalue weighted by atomic mass is 10.1. The van der Waals surface area contributed by atoms with Crippen LogP contribution >= 0.6 is 27.3 Å². The van der Waals surface area contributed by atoms with E-state index in [9.17, 15) is 5.11 Å². The molecule has 0 radical (unpaired) electrons. The monoisotopic (exact) mass is 341 g/mol. The molecule has 0 spiro atoms. The van der Waals surface area contributed by atoms with Crippen molar-refractivity contribution < 1.29 is 9.84 Å². The minimum Gasteiger partial charge on any atom is -0.496 e. The number of rotatable bonds is 6. The highest BCUT2D eigenvalue weighted by Crippen LogP contribution is 2.23. The Morgan fingerprint density at radius 2 is 2.26 bits per heavy atom. The van der Waals surface area contributed by atoms with Gasteiger partial charge in [0.25, 0.3) is 0 Å². The number of ether oxygens (including phenoxy) is 1. The van der Waals surface area contributed by atoms with Crippen LogP contribution in [-0.2, 0) is 6.54 Å². The number of thiophene rings is 1. The number of nitrogens with one attached hydrogen (secondary N) is 1. The largest absolute Gasteiger partial charge is 0.496 e. The molecule has 19 heavy (non-hydrogen) atoms. The van der Waals surface area contributed by atoms with Gasteiger partial charge in [0, 0.05) is 23.1 Å². The Bertz CT molecular complexity index is 516. The normalized spacial score (nSPS) is 12.4. The zero-order valence-electron chi connectivity index (χ0n) is 10.6. The third kappa shape index (κ3) is 4.04. The highest BCUT2D eigenvalue weighted by molar-refractivity contribution is 9.10. The molecule has 0 amide bonds. The summed E-state index contributed by atoms with van der Waals surface area (Å²) in [7, 11) is 1.66. The van der Waals surface area contributed by atoms with E-state index in [-0.39, 0.29) is 0 Å². The molecule has 0 aliphatic rings. The first-order valence-corrected chi connectivity index (χ1v) is 7.67. The Labute approximate surface area is 125 Å². The summed E-state index contributed by atoms with van der Waals surface area (Å²) in [6.07, 6.45) is -0.468. The standard InChI is InChI=1S/C14H16BrNO2S/c1-18-14-3-2-12(15)6-11(14)7-16-8-13(17)10-4-5-19-9-10/h2-6,9,13,16-17H,7-8H2,1H3. The number of hydrogen-bond acceptors (Lipinski definition) is 4. The molecule has 1 atom stereocenters. The molecule has 1 aromatic carbocycles. The summed E-state index contributed by atoms with van der Waals surface area (Å²) < 4.78 is 6.33. The molecule has 2 N–H and O–H groups in total. The minimum atomic E-state index is -0.468. The predicted octanol–water partition coefficient (Wildman–Crippen LogP) is 3.34. The van der Waals surface area contributed by atoms with Gasteiger partial charge in [-0.25, -0.2) is 0 Å². The first-order chi connectivity index (χ1) is 9.20. The highest BCUT2D eigenvalue weighted by Gasteiger charge is 2.08. The molecule has 1 unspecified atom stereocenters. The summed E-state index contributed by atoms with van der Waals surface area (Å²) in [6.45, 7) is 1.18. The number of halogens is 1. The Morgan fingerprint density at radius 1 is 1.42 bits per heavy atom. The molecule has 0 saturated heterocycles. The third-order valence-corrected chi connectivity index (χ3v) is 4.02. The maximum atomic E-state index is 9.97. The zero-order chi connectivity index (χ0) is 13.7. The molecule has 1 aromatic heterocycles. The van der Waals surface area contributed by atoms with Gasteiger partial charge in [0.2, 0.25) is 0 Å². The number of aliphatic hydroxyl groups excluding tert-OH is 1. The van der Waals surface area contributed by atoms with Crippen LogP contribution in [0.25, 0.3) is 0 Å².